The van der Waals surface area contributed by atoms with Gasteiger partial charge in [0, 0.05) is 0 Å². The van der Waals surface area contributed by atoms with Crippen molar-refractivity contribution in [3.63, 3.8) is 0 Å². The zero-order valence-electron chi connectivity index (χ0n) is 6.73. The molecule has 0 heterocycles. The average molecular weight is 137 g/mol. The first-order valence-electron chi connectivity index (χ1n) is 4.73. The Kier molecular flexibility index (Phi) is 1.71. The second-order valence-corrected chi connectivity index (χ2v) is 4.09. The van der Waals surface area contributed by atoms with E-state index in [1.807, 2.05) is 0 Å². The molecule has 0 heteroatoms. The fourth-order valence-electron chi connectivity index (χ4n) is 2.71. The van der Waals surface area contributed by atoms with Crippen LogP contribution in [0.1, 0.15) is 51.4 Å². The van der Waals surface area contributed by atoms with Gasteiger partial charge in [-0.3, -0.25) is 0 Å². The van der Waals surface area contributed by atoms with Gasteiger partial charge in [0.2, 0.25) is 0 Å². The first-order chi connectivity index (χ1) is 4.91. The third-order valence-electron chi connectivity index (χ3n) is 3.36. The Morgan fingerprint density at radius 2 is 1.60 bits per heavy atom. The topological polar surface area (TPSA) is 0 Å². The van der Waals surface area contributed by atoms with E-state index in [2.05, 4.69) is 6.42 Å². The first-order valence-corrected chi connectivity index (χ1v) is 4.73. The molecule has 0 aromatic rings. The highest BCUT2D eigenvalue weighted by atomic mass is 14.4. The maximum atomic E-state index is 2.52. The van der Waals surface area contributed by atoms with E-state index in [1.54, 1.807) is 0 Å². The van der Waals surface area contributed by atoms with Crippen molar-refractivity contribution in [3.05, 3.63) is 6.42 Å². The molecule has 0 N–H and O–H groups in total. The Morgan fingerprint density at radius 3 is 2.20 bits per heavy atom. The highest BCUT2D eigenvalue weighted by Crippen LogP contribution is 2.48. The average Bonchev–Trinajstić information content (AvgIpc) is 2.39. The Balaban J connectivity index is 1.98. The molecular weight excluding hydrogens is 120 g/mol. The van der Waals surface area contributed by atoms with Gasteiger partial charge in [-0.25, -0.2) is 0 Å². The SMILES string of the molecule is [CH]1CCCC2(C1)CCCC2. The highest BCUT2D eigenvalue weighted by Gasteiger charge is 2.34. The zero-order chi connectivity index (χ0) is 6.86. The van der Waals surface area contributed by atoms with Crippen LogP contribution >= 0.6 is 0 Å². The summed E-state index contributed by atoms with van der Waals surface area (Å²) in [6.07, 6.45) is 14.4. The zero-order valence-corrected chi connectivity index (χ0v) is 6.73. The molecule has 0 amide bonds. The van der Waals surface area contributed by atoms with Gasteiger partial charge in [-0.05, 0) is 37.5 Å². The summed E-state index contributed by atoms with van der Waals surface area (Å²) in [5, 5.41) is 0. The lowest BCUT2D eigenvalue weighted by molar-refractivity contribution is 0.231. The van der Waals surface area contributed by atoms with E-state index in [0.29, 0.717) is 0 Å². The monoisotopic (exact) mass is 137 g/mol. The molecule has 57 valence electrons. The molecule has 2 saturated carbocycles. The first kappa shape index (κ1) is 6.69. The molecule has 2 aliphatic rings. The van der Waals surface area contributed by atoms with E-state index in [-0.39, 0.29) is 0 Å². The third kappa shape index (κ3) is 1.09. The third-order valence-corrected chi connectivity index (χ3v) is 3.36. The van der Waals surface area contributed by atoms with Crippen LogP contribution in [0.4, 0.5) is 0 Å². The quantitative estimate of drug-likeness (QED) is 0.480. The van der Waals surface area contributed by atoms with Crippen molar-refractivity contribution in [2.24, 2.45) is 5.41 Å². The second kappa shape index (κ2) is 2.56. The van der Waals surface area contributed by atoms with Crippen molar-refractivity contribution in [1.29, 1.82) is 0 Å². The van der Waals surface area contributed by atoms with Crippen molar-refractivity contribution >= 4 is 0 Å². The van der Waals surface area contributed by atoms with Gasteiger partial charge in [0.05, 0.1) is 0 Å². The van der Waals surface area contributed by atoms with E-state index >= 15 is 0 Å². The summed E-state index contributed by atoms with van der Waals surface area (Å²) in [4.78, 5) is 0. The fraction of sp³-hybridized carbons (Fsp3) is 0.900. The minimum Gasteiger partial charge on any atom is -0.0528 e. The van der Waals surface area contributed by atoms with Crippen molar-refractivity contribution < 1.29 is 0 Å². The molecule has 0 aromatic carbocycles. The van der Waals surface area contributed by atoms with E-state index in [4.69, 9.17) is 0 Å². The van der Waals surface area contributed by atoms with Crippen LogP contribution in [0.25, 0.3) is 0 Å². The van der Waals surface area contributed by atoms with Crippen LogP contribution < -0.4 is 0 Å². The van der Waals surface area contributed by atoms with E-state index in [0.717, 1.165) is 5.41 Å². The second-order valence-electron chi connectivity index (χ2n) is 4.09. The predicted molar refractivity (Wildman–Crippen MR) is 43.7 cm³/mol. The van der Waals surface area contributed by atoms with Crippen molar-refractivity contribution in [3.8, 4) is 0 Å². The van der Waals surface area contributed by atoms with Gasteiger partial charge >= 0.3 is 0 Å². The smallest absolute Gasteiger partial charge is 0.0295 e. The number of hydrogen-bond acceptors (Lipinski definition) is 0. The van der Waals surface area contributed by atoms with E-state index in [9.17, 15) is 0 Å². The van der Waals surface area contributed by atoms with Crippen molar-refractivity contribution in [2.45, 2.75) is 51.4 Å². The van der Waals surface area contributed by atoms with Gasteiger partial charge in [-0.2, -0.15) is 0 Å². The van der Waals surface area contributed by atoms with Gasteiger partial charge in [-0.15, -0.1) is 0 Å². The highest BCUT2D eigenvalue weighted by molar-refractivity contribution is 4.92. The van der Waals surface area contributed by atoms with Crippen LogP contribution in [0.2, 0.25) is 0 Å². The number of hydrogen-bond donors (Lipinski definition) is 0. The molecule has 0 aliphatic heterocycles. The van der Waals surface area contributed by atoms with Gasteiger partial charge in [0.1, 0.15) is 0 Å². The molecule has 0 nitrogen and oxygen atoms in total. The Morgan fingerprint density at radius 1 is 0.900 bits per heavy atom. The summed E-state index contributed by atoms with van der Waals surface area (Å²) in [5.74, 6) is 0. The molecule has 2 aliphatic carbocycles. The molecule has 1 spiro atoms. The number of rotatable bonds is 0. The van der Waals surface area contributed by atoms with Gasteiger partial charge in [-0.1, -0.05) is 25.7 Å². The summed E-state index contributed by atoms with van der Waals surface area (Å²) in [6.45, 7) is 0. The van der Waals surface area contributed by atoms with E-state index < -0.39 is 0 Å². The van der Waals surface area contributed by atoms with Crippen LogP contribution in [-0.4, -0.2) is 0 Å². The Labute approximate surface area is 64.0 Å². The minimum atomic E-state index is 0.818. The van der Waals surface area contributed by atoms with Gasteiger partial charge in [0.25, 0.3) is 0 Å². The molecule has 0 atom stereocenters. The lowest BCUT2D eigenvalue weighted by atomic mass is 9.73. The largest absolute Gasteiger partial charge is 0.0528 e. The van der Waals surface area contributed by atoms with Crippen molar-refractivity contribution in [1.82, 2.24) is 0 Å². The molecule has 1 radical (unpaired) electrons. The maximum Gasteiger partial charge on any atom is -0.0295 e. The van der Waals surface area contributed by atoms with Crippen LogP contribution in [-0.2, 0) is 0 Å². The summed E-state index contributed by atoms with van der Waals surface area (Å²) in [6, 6.07) is 0. The lowest BCUT2D eigenvalue weighted by Gasteiger charge is -2.32. The summed E-state index contributed by atoms with van der Waals surface area (Å²) in [5.41, 5.74) is 0.818. The molecule has 0 unspecified atom stereocenters. The maximum absolute atomic E-state index is 2.52. The normalized spacial score (nSPS) is 31.2. The van der Waals surface area contributed by atoms with Gasteiger partial charge < -0.3 is 0 Å². The molecular formula is C10H17. The lowest BCUT2D eigenvalue weighted by Crippen LogP contribution is -2.19. The Hall–Kier alpha value is 0. The van der Waals surface area contributed by atoms with Gasteiger partial charge in [0.15, 0.2) is 0 Å². The molecule has 2 fully saturated rings. The van der Waals surface area contributed by atoms with Crippen LogP contribution in [0, 0.1) is 11.8 Å². The summed E-state index contributed by atoms with van der Waals surface area (Å²) >= 11 is 0. The van der Waals surface area contributed by atoms with E-state index in [1.165, 1.54) is 51.4 Å². The molecule has 0 aromatic heterocycles. The Bertz CT molecular complexity index is 101. The summed E-state index contributed by atoms with van der Waals surface area (Å²) < 4.78 is 0. The molecule has 0 bridgehead atoms. The summed E-state index contributed by atoms with van der Waals surface area (Å²) in [7, 11) is 0. The fourth-order valence-corrected chi connectivity index (χ4v) is 2.71. The molecule has 2 rings (SSSR count). The van der Waals surface area contributed by atoms with Crippen LogP contribution in [0.3, 0.4) is 0 Å². The predicted octanol–water partition coefficient (Wildman–Crippen LogP) is 3.33. The van der Waals surface area contributed by atoms with Crippen LogP contribution in [0.5, 0.6) is 0 Å². The molecule has 10 heavy (non-hydrogen) atoms. The minimum absolute atomic E-state index is 0.818. The van der Waals surface area contributed by atoms with Crippen molar-refractivity contribution in [2.75, 3.05) is 0 Å². The standard InChI is InChI=1S/C10H17/c1-2-6-10(7-3-1)8-4-5-9-10/h2H,1,3-9H2. The molecule has 0 saturated heterocycles. The van der Waals surface area contributed by atoms with Crippen LogP contribution in [0.15, 0.2) is 0 Å².